The van der Waals surface area contributed by atoms with Gasteiger partial charge in [0.05, 0.1) is 11.9 Å². The van der Waals surface area contributed by atoms with Gasteiger partial charge in [0.15, 0.2) is 5.82 Å². The van der Waals surface area contributed by atoms with Crippen LogP contribution >= 0.6 is 0 Å². The number of piperidine rings is 1. The lowest BCUT2D eigenvalue weighted by atomic mass is 10.0. The second kappa shape index (κ2) is 5.71. The normalized spacial score (nSPS) is 19.1. The summed E-state index contributed by atoms with van der Waals surface area (Å²) in [5.41, 5.74) is 1.03. The predicted octanol–water partition coefficient (Wildman–Crippen LogP) is 1.82. The molecule has 19 heavy (non-hydrogen) atoms. The molecule has 1 aliphatic heterocycles. The molecule has 0 spiro atoms. The van der Waals surface area contributed by atoms with Crippen LogP contribution in [0.15, 0.2) is 30.9 Å². The third-order valence-corrected chi connectivity index (χ3v) is 3.15. The Morgan fingerprint density at radius 1 is 1.16 bits per heavy atom. The molecule has 2 aromatic rings. The molecule has 6 heteroatoms. The first-order valence-electron chi connectivity index (χ1n) is 6.51. The van der Waals surface area contributed by atoms with Gasteiger partial charge < -0.3 is 10.6 Å². The van der Waals surface area contributed by atoms with E-state index in [1.165, 1.54) is 12.8 Å². The molecule has 1 fully saturated rings. The van der Waals surface area contributed by atoms with E-state index in [1.807, 2.05) is 6.07 Å². The molecule has 1 atom stereocenters. The third-order valence-electron chi connectivity index (χ3n) is 3.15. The third kappa shape index (κ3) is 3.03. The highest BCUT2D eigenvalue weighted by Crippen LogP contribution is 2.21. The quantitative estimate of drug-likeness (QED) is 0.872. The van der Waals surface area contributed by atoms with Crippen molar-refractivity contribution in [1.29, 1.82) is 0 Å². The first-order chi connectivity index (χ1) is 9.42. The van der Waals surface area contributed by atoms with Crippen LogP contribution in [0.2, 0.25) is 0 Å². The van der Waals surface area contributed by atoms with Crippen molar-refractivity contribution < 1.29 is 0 Å². The zero-order valence-electron chi connectivity index (χ0n) is 10.6. The molecule has 0 unspecified atom stereocenters. The molecule has 0 amide bonds. The number of nitrogens with one attached hydrogen (secondary N) is 2. The number of nitrogens with zero attached hydrogens (tertiary/aromatic N) is 4. The van der Waals surface area contributed by atoms with Crippen molar-refractivity contribution in [3.8, 4) is 0 Å². The summed E-state index contributed by atoms with van der Waals surface area (Å²) in [6.45, 7) is 1.06. The highest BCUT2D eigenvalue weighted by Gasteiger charge is 2.16. The van der Waals surface area contributed by atoms with E-state index in [9.17, 15) is 0 Å². The molecule has 0 radical (unpaired) electrons. The lowest BCUT2D eigenvalue weighted by Gasteiger charge is -2.23. The van der Waals surface area contributed by atoms with Crippen molar-refractivity contribution in [3.63, 3.8) is 0 Å². The standard InChI is InChI=1S/C13H16N6/c1-2-5-15-10(3-1)11-4-6-17-13(18-11)19-12-9-14-7-8-16-12/h4,6-10,15H,1-3,5H2,(H,16,17,18,19)/t10-/m0/s1. The molecule has 0 aliphatic carbocycles. The fraction of sp³-hybridized carbons (Fsp3) is 0.385. The maximum absolute atomic E-state index is 4.54. The van der Waals surface area contributed by atoms with Crippen molar-refractivity contribution in [3.05, 3.63) is 36.5 Å². The van der Waals surface area contributed by atoms with Gasteiger partial charge in [-0.25, -0.2) is 15.0 Å². The second-order valence-corrected chi connectivity index (χ2v) is 4.52. The molecule has 1 aliphatic rings. The predicted molar refractivity (Wildman–Crippen MR) is 71.9 cm³/mol. The van der Waals surface area contributed by atoms with Crippen LogP contribution in [0.4, 0.5) is 11.8 Å². The number of aromatic nitrogens is 4. The van der Waals surface area contributed by atoms with Gasteiger partial charge in [-0.2, -0.15) is 0 Å². The largest absolute Gasteiger partial charge is 0.309 e. The van der Waals surface area contributed by atoms with Crippen LogP contribution in [0.25, 0.3) is 0 Å². The molecular formula is C13H16N6. The van der Waals surface area contributed by atoms with E-state index < -0.39 is 0 Å². The van der Waals surface area contributed by atoms with E-state index in [1.54, 1.807) is 24.8 Å². The Morgan fingerprint density at radius 3 is 2.95 bits per heavy atom. The minimum atomic E-state index is 0.333. The van der Waals surface area contributed by atoms with E-state index in [0.29, 0.717) is 17.8 Å². The molecule has 6 nitrogen and oxygen atoms in total. The molecule has 1 saturated heterocycles. The zero-order valence-corrected chi connectivity index (χ0v) is 10.6. The summed E-state index contributed by atoms with van der Waals surface area (Å²) in [7, 11) is 0. The van der Waals surface area contributed by atoms with Gasteiger partial charge >= 0.3 is 0 Å². The highest BCUT2D eigenvalue weighted by atomic mass is 15.1. The van der Waals surface area contributed by atoms with Gasteiger partial charge in [-0.05, 0) is 25.5 Å². The number of hydrogen-bond donors (Lipinski definition) is 2. The summed E-state index contributed by atoms with van der Waals surface area (Å²) in [4.78, 5) is 16.9. The molecule has 0 saturated carbocycles. The second-order valence-electron chi connectivity index (χ2n) is 4.52. The van der Waals surface area contributed by atoms with Crippen molar-refractivity contribution in [1.82, 2.24) is 25.3 Å². The van der Waals surface area contributed by atoms with Gasteiger partial charge in [-0.3, -0.25) is 4.98 Å². The van der Waals surface area contributed by atoms with Crippen LogP contribution < -0.4 is 10.6 Å². The molecule has 0 aromatic carbocycles. The maximum Gasteiger partial charge on any atom is 0.228 e. The van der Waals surface area contributed by atoms with Crippen LogP contribution in [0.3, 0.4) is 0 Å². The van der Waals surface area contributed by atoms with Crippen molar-refractivity contribution in [2.24, 2.45) is 0 Å². The highest BCUT2D eigenvalue weighted by molar-refractivity contribution is 5.45. The Bertz CT molecular complexity index is 524. The minimum absolute atomic E-state index is 0.333. The first-order valence-corrected chi connectivity index (χ1v) is 6.51. The van der Waals surface area contributed by atoms with Crippen LogP contribution in [0, 0.1) is 0 Å². The van der Waals surface area contributed by atoms with Gasteiger partial charge in [0.25, 0.3) is 0 Å². The summed E-state index contributed by atoms with van der Waals surface area (Å²) in [6, 6.07) is 2.30. The summed E-state index contributed by atoms with van der Waals surface area (Å²) < 4.78 is 0. The van der Waals surface area contributed by atoms with Gasteiger partial charge in [0, 0.05) is 24.6 Å². The molecule has 2 N–H and O–H groups in total. The fourth-order valence-corrected chi connectivity index (χ4v) is 2.21. The SMILES string of the molecule is c1cnc(Nc2nccc([C@@H]3CCCCN3)n2)cn1. The Morgan fingerprint density at radius 2 is 2.16 bits per heavy atom. The Balaban J connectivity index is 1.76. The van der Waals surface area contributed by atoms with Crippen LogP contribution in [-0.4, -0.2) is 26.5 Å². The van der Waals surface area contributed by atoms with Gasteiger partial charge in [-0.15, -0.1) is 0 Å². The van der Waals surface area contributed by atoms with Gasteiger partial charge in [0.2, 0.25) is 5.95 Å². The van der Waals surface area contributed by atoms with Crippen molar-refractivity contribution in [2.45, 2.75) is 25.3 Å². The molecule has 98 valence electrons. The van der Waals surface area contributed by atoms with E-state index in [4.69, 9.17) is 0 Å². The monoisotopic (exact) mass is 256 g/mol. The molecule has 2 aromatic heterocycles. The smallest absolute Gasteiger partial charge is 0.228 e. The van der Waals surface area contributed by atoms with Gasteiger partial charge in [-0.1, -0.05) is 6.42 Å². The average molecular weight is 256 g/mol. The fourth-order valence-electron chi connectivity index (χ4n) is 2.21. The lowest BCUT2D eigenvalue weighted by molar-refractivity contribution is 0.405. The Kier molecular flexibility index (Phi) is 3.60. The lowest BCUT2D eigenvalue weighted by Crippen LogP contribution is -2.27. The number of rotatable bonds is 3. The van der Waals surface area contributed by atoms with Crippen LogP contribution in [0.5, 0.6) is 0 Å². The summed E-state index contributed by atoms with van der Waals surface area (Å²) in [6.07, 6.45) is 10.3. The number of hydrogen-bond acceptors (Lipinski definition) is 6. The minimum Gasteiger partial charge on any atom is -0.309 e. The molecule has 0 bridgehead atoms. The van der Waals surface area contributed by atoms with Crippen LogP contribution in [-0.2, 0) is 0 Å². The summed E-state index contributed by atoms with van der Waals surface area (Å²) in [5, 5.41) is 6.54. The van der Waals surface area contributed by atoms with Crippen molar-refractivity contribution in [2.75, 3.05) is 11.9 Å². The molecule has 3 rings (SSSR count). The van der Waals surface area contributed by atoms with E-state index in [-0.39, 0.29) is 0 Å². The molecular weight excluding hydrogens is 240 g/mol. The topological polar surface area (TPSA) is 75.6 Å². The van der Waals surface area contributed by atoms with Crippen LogP contribution in [0.1, 0.15) is 31.0 Å². The Hall–Kier alpha value is -2.08. The van der Waals surface area contributed by atoms with E-state index in [0.717, 1.165) is 18.7 Å². The van der Waals surface area contributed by atoms with E-state index >= 15 is 0 Å². The van der Waals surface area contributed by atoms with Gasteiger partial charge in [0.1, 0.15) is 0 Å². The molecule has 3 heterocycles. The zero-order chi connectivity index (χ0) is 12.9. The summed E-state index contributed by atoms with van der Waals surface area (Å²) in [5.74, 6) is 1.21. The Labute approximate surface area is 111 Å². The van der Waals surface area contributed by atoms with Crippen molar-refractivity contribution >= 4 is 11.8 Å². The number of anilines is 2. The summed E-state index contributed by atoms with van der Waals surface area (Å²) >= 11 is 0. The van der Waals surface area contributed by atoms with E-state index in [2.05, 4.69) is 30.6 Å². The first kappa shape index (κ1) is 12.0. The average Bonchev–Trinajstić information content (AvgIpc) is 2.49. The maximum atomic E-state index is 4.54.